The van der Waals surface area contributed by atoms with Crippen LogP contribution in [0.15, 0.2) is 60.9 Å². The van der Waals surface area contributed by atoms with Crippen molar-refractivity contribution in [2.45, 2.75) is 0 Å². The fourth-order valence-corrected chi connectivity index (χ4v) is 3.53. The molecule has 0 unspecified atom stereocenters. The summed E-state index contributed by atoms with van der Waals surface area (Å²) in [6.45, 7) is 0. The molecule has 0 aliphatic carbocycles. The van der Waals surface area contributed by atoms with Gasteiger partial charge in [0.1, 0.15) is 6.33 Å². The second-order valence-electron chi connectivity index (χ2n) is 5.45. The van der Waals surface area contributed by atoms with Crippen molar-refractivity contribution in [3.63, 3.8) is 0 Å². The Bertz CT molecular complexity index is 1000. The molecule has 0 saturated carbocycles. The van der Waals surface area contributed by atoms with E-state index in [9.17, 15) is 4.79 Å². The van der Waals surface area contributed by atoms with Gasteiger partial charge in [0, 0.05) is 23.0 Å². The summed E-state index contributed by atoms with van der Waals surface area (Å²) in [4.78, 5) is 13.2. The van der Waals surface area contributed by atoms with Crippen LogP contribution in [0.2, 0.25) is 0 Å². The molecule has 0 radical (unpaired) electrons. The first-order chi connectivity index (χ1) is 11.7. The van der Waals surface area contributed by atoms with Gasteiger partial charge in [0.25, 0.3) is 5.91 Å². The first kappa shape index (κ1) is 14.6. The Labute approximate surface area is 142 Å². The highest BCUT2D eigenvalue weighted by molar-refractivity contribution is 7.20. The fraction of sp³-hybridized carbons (Fsp3) is 0.0556. The van der Waals surface area contributed by atoms with Crippen LogP contribution in [0.5, 0.6) is 0 Å². The number of carbonyl (C=O) groups excluding carboxylic acids is 1. The van der Waals surface area contributed by atoms with E-state index in [0.29, 0.717) is 4.88 Å². The highest BCUT2D eigenvalue weighted by atomic mass is 32.1. The fourth-order valence-electron chi connectivity index (χ4n) is 2.57. The molecular formula is C18H14N4OS. The molecule has 118 valence electrons. The van der Waals surface area contributed by atoms with Gasteiger partial charge in [-0.15, -0.1) is 21.5 Å². The van der Waals surface area contributed by atoms with Crippen molar-refractivity contribution in [2.24, 2.45) is 7.05 Å². The molecule has 0 atom stereocenters. The van der Waals surface area contributed by atoms with Gasteiger partial charge in [0.15, 0.2) is 5.82 Å². The van der Waals surface area contributed by atoms with E-state index in [1.54, 1.807) is 6.33 Å². The van der Waals surface area contributed by atoms with Gasteiger partial charge < -0.3 is 9.88 Å². The Morgan fingerprint density at radius 1 is 1.12 bits per heavy atom. The van der Waals surface area contributed by atoms with Gasteiger partial charge in [-0.1, -0.05) is 30.3 Å². The number of hydrogen-bond donors (Lipinski definition) is 1. The Kier molecular flexibility index (Phi) is 3.59. The van der Waals surface area contributed by atoms with Crippen LogP contribution in [0.25, 0.3) is 21.5 Å². The lowest BCUT2D eigenvalue weighted by Gasteiger charge is -2.06. The van der Waals surface area contributed by atoms with Crippen LogP contribution < -0.4 is 5.32 Å². The predicted molar refractivity (Wildman–Crippen MR) is 96.2 cm³/mol. The maximum Gasteiger partial charge on any atom is 0.265 e. The Balaban J connectivity index is 1.61. The highest BCUT2D eigenvalue weighted by Gasteiger charge is 2.11. The number of benzene rings is 2. The minimum Gasteiger partial charge on any atom is -0.321 e. The predicted octanol–water partition coefficient (Wildman–Crippen LogP) is 3.95. The van der Waals surface area contributed by atoms with Crippen molar-refractivity contribution < 1.29 is 4.79 Å². The van der Waals surface area contributed by atoms with Gasteiger partial charge >= 0.3 is 0 Å². The van der Waals surface area contributed by atoms with Crippen LogP contribution in [0.4, 0.5) is 5.69 Å². The van der Waals surface area contributed by atoms with Gasteiger partial charge in [-0.25, -0.2) is 0 Å². The summed E-state index contributed by atoms with van der Waals surface area (Å²) in [5.41, 5.74) is 1.64. The SMILES string of the molecule is Cn1cnnc1-c1cccc(NC(=O)c2cc3ccccc3s2)c1. The van der Waals surface area contributed by atoms with E-state index in [2.05, 4.69) is 15.5 Å². The summed E-state index contributed by atoms with van der Waals surface area (Å²) in [5, 5.41) is 12.0. The Morgan fingerprint density at radius 2 is 2.00 bits per heavy atom. The number of fused-ring (bicyclic) bond motifs is 1. The van der Waals surface area contributed by atoms with E-state index >= 15 is 0 Å². The van der Waals surface area contributed by atoms with Gasteiger partial charge in [0.05, 0.1) is 4.88 Å². The number of aromatic nitrogens is 3. The highest BCUT2D eigenvalue weighted by Crippen LogP contribution is 2.26. The number of carbonyl (C=O) groups is 1. The minimum absolute atomic E-state index is 0.105. The number of nitrogens with one attached hydrogen (secondary N) is 1. The molecule has 0 spiro atoms. The molecule has 2 aromatic carbocycles. The maximum absolute atomic E-state index is 12.5. The van der Waals surface area contributed by atoms with Gasteiger partial charge in [-0.2, -0.15) is 0 Å². The number of amides is 1. The number of aryl methyl sites for hydroxylation is 1. The molecule has 2 heterocycles. The summed E-state index contributed by atoms with van der Waals surface area (Å²) in [6, 6.07) is 17.5. The zero-order valence-corrected chi connectivity index (χ0v) is 13.7. The molecule has 0 fully saturated rings. The lowest BCUT2D eigenvalue weighted by atomic mass is 10.2. The molecule has 2 aromatic heterocycles. The van der Waals surface area contributed by atoms with Crippen molar-refractivity contribution in [1.29, 1.82) is 0 Å². The molecule has 4 aromatic rings. The molecule has 1 amide bonds. The van der Waals surface area contributed by atoms with E-state index in [0.717, 1.165) is 27.2 Å². The molecule has 6 heteroatoms. The second kappa shape index (κ2) is 5.90. The van der Waals surface area contributed by atoms with E-state index < -0.39 is 0 Å². The normalized spacial score (nSPS) is 10.9. The Hall–Kier alpha value is -2.99. The van der Waals surface area contributed by atoms with Crippen LogP contribution in [-0.4, -0.2) is 20.7 Å². The van der Waals surface area contributed by atoms with Gasteiger partial charge in [-0.3, -0.25) is 4.79 Å². The molecule has 0 bridgehead atoms. The summed E-state index contributed by atoms with van der Waals surface area (Å²) in [5.74, 6) is 0.652. The van der Waals surface area contributed by atoms with Crippen molar-refractivity contribution in [1.82, 2.24) is 14.8 Å². The first-order valence-electron chi connectivity index (χ1n) is 7.45. The van der Waals surface area contributed by atoms with E-state index in [-0.39, 0.29) is 5.91 Å². The summed E-state index contributed by atoms with van der Waals surface area (Å²) in [6.07, 6.45) is 1.65. The summed E-state index contributed by atoms with van der Waals surface area (Å²) < 4.78 is 2.95. The summed E-state index contributed by atoms with van der Waals surface area (Å²) in [7, 11) is 1.89. The number of anilines is 1. The second-order valence-corrected chi connectivity index (χ2v) is 6.53. The largest absolute Gasteiger partial charge is 0.321 e. The minimum atomic E-state index is -0.105. The third-order valence-electron chi connectivity index (χ3n) is 3.74. The summed E-state index contributed by atoms with van der Waals surface area (Å²) >= 11 is 1.49. The standard InChI is InChI=1S/C18H14N4OS/c1-22-11-19-21-17(22)13-6-4-7-14(9-13)20-18(23)16-10-12-5-2-3-8-15(12)24-16/h2-11H,1H3,(H,20,23). The third-order valence-corrected chi connectivity index (χ3v) is 4.85. The molecule has 24 heavy (non-hydrogen) atoms. The maximum atomic E-state index is 12.5. The molecule has 0 aliphatic heterocycles. The van der Waals surface area contributed by atoms with E-state index in [1.165, 1.54) is 11.3 Å². The number of hydrogen-bond acceptors (Lipinski definition) is 4. The Morgan fingerprint density at radius 3 is 2.79 bits per heavy atom. The first-order valence-corrected chi connectivity index (χ1v) is 8.27. The molecule has 1 N–H and O–H groups in total. The average Bonchev–Trinajstić information content (AvgIpc) is 3.21. The van der Waals surface area contributed by atoms with E-state index in [4.69, 9.17) is 0 Å². The molecule has 5 nitrogen and oxygen atoms in total. The van der Waals surface area contributed by atoms with Crippen molar-refractivity contribution in [2.75, 3.05) is 5.32 Å². The zero-order valence-electron chi connectivity index (χ0n) is 12.9. The van der Waals surface area contributed by atoms with Crippen LogP contribution in [0, 0.1) is 0 Å². The molecular weight excluding hydrogens is 320 g/mol. The topological polar surface area (TPSA) is 59.8 Å². The van der Waals surface area contributed by atoms with Crippen molar-refractivity contribution in [3.05, 3.63) is 65.8 Å². The monoisotopic (exact) mass is 334 g/mol. The third kappa shape index (κ3) is 2.68. The molecule has 4 rings (SSSR count). The molecule has 0 saturated heterocycles. The number of thiophene rings is 1. The van der Waals surface area contributed by atoms with E-state index in [1.807, 2.05) is 66.2 Å². The van der Waals surface area contributed by atoms with Gasteiger partial charge in [0.2, 0.25) is 0 Å². The van der Waals surface area contributed by atoms with Crippen molar-refractivity contribution in [3.8, 4) is 11.4 Å². The van der Waals surface area contributed by atoms with Crippen LogP contribution in [0.3, 0.4) is 0 Å². The number of nitrogens with zero attached hydrogens (tertiary/aromatic N) is 3. The zero-order chi connectivity index (χ0) is 16.5. The molecule has 0 aliphatic rings. The van der Waals surface area contributed by atoms with Crippen LogP contribution in [-0.2, 0) is 7.05 Å². The quantitative estimate of drug-likeness (QED) is 0.617. The average molecular weight is 334 g/mol. The van der Waals surface area contributed by atoms with Crippen LogP contribution in [0.1, 0.15) is 9.67 Å². The lowest BCUT2D eigenvalue weighted by molar-refractivity contribution is 0.103. The lowest BCUT2D eigenvalue weighted by Crippen LogP contribution is -2.10. The van der Waals surface area contributed by atoms with Crippen LogP contribution >= 0.6 is 11.3 Å². The van der Waals surface area contributed by atoms with Gasteiger partial charge in [-0.05, 0) is 29.7 Å². The van der Waals surface area contributed by atoms with Crippen molar-refractivity contribution >= 4 is 33.0 Å². The smallest absolute Gasteiger partial charge is 0.265 e. The number of rotatable bonds is 3.